The molecule has 0 radical (unpaired) electrons. The SMILES string of the molecule is COc1ccc(-c2ncc(-c3cccnc3)[nH]2)cc1F. The lowest BCUT2D eigenvalue weighted by Gasteiger charge is -2.03. The van der Waals surface area contributed by atoms with Crippen molar-refractivity contribution in [1.29, 1.82) is 0 Å². The molecule has 0 fully saturated rings. The van der Waals surface area contributed by atoms with Crippen LogP contribution in [0.3, 0.4) is 0 Å². The maximum atomic E-state index is 13.7. The summed E-state index contributed by atoms with van der Waals surface area (Å²) in [5, 5.41) is 0. The van der Waals surface area contributed by atoms with Crippen LogP contribution < -0.4 is 4.74 Å². The Morgan fingerprint density at radius 2 is 2.05 bits per heavy atom. The van der Waals surface area contributed by atoms with Crippen LogP contribution in [-0.2, 0) is 0 Å². The van der Waals surface area contributed by atoms with E-state index in [9.17, 15) is 4.39 Å². The van der Waals surface area contributed by atoms with E-state index in [2.05, 4.69) is 15.0 Å². The number of aromatic nitrogens is 3. The van der Waals surface area contributed by atoms with Gasteiger partial charge in [-0.25, -0.2) is 9.37 Å². The Bertz CT molecular complexity index is 725. The number of nitrogens with one attached hydrogen (secondary N) is 1. The molecule has 1 N–H and O–H groups in total. The maximum absolute atomic E-state index is 13.7. The highest BCUT2D eigenvalue weighted by Crippen LogP contribution is 2.25. The highest BCUT2D eigenvalue weighted by molar-refractivity contribution is 5.64. The molecule has 4 nitrogen and oxygen atoms in total. The van der Waals surface area contributed by atoms with E-state index in [1.807, 2.05) is 12.1 Å². The summed E-state index contributed by atoms with van der Waals surface area (Å²) in [5.41, 5.74) is 2.43. The standard InChI is InChI=1S/C15H12FN3O/c1-20-14-5-4-10(7-12(14)16)15-18-9-13(19-15)11-3-2-6-17-8-11/h2-9H,1H3,(H,18,19). The Hall–Kier alpha value is -2.69. The number of pyridine rings is 1. The third-order valence-electron chi connectivity index (χ3n) is 2.97. The van der Waals surface area contributed by atoms with Gasteiger partial charge in [-0.05, 0) is 30.3 Å². The summed E-state index contributed by atoms with van der Waals surface area (Å²) in [6, 6.07) is 8.51. The van der Waals surface area contributed by atoms with Gasteiger partial charge in [0.2, 0.25) is 0 Å². The molecule has 5 heteroatoms. The third kappa shape index (κ3) is 2.25. The summed E-state index contributed by atoms with van der Waals surface area (Å²) in [7, 11) is 1.44. The molecule has 0 aliphatic heterocycles. The van der Waals surface area contributed by atoms with Crippen molar-refractivity contribution in [2.24, 2.45) is 0 Å². The van der Waals surface area contributed by atoms with Crippen LogP contribution in [0.5, 0.6) is 5.75 Å². The molecule has 0 atom stereocenters. The van der Waals surface area contributed by atoms with E-state index >= 15 is 0 Å². The van der Waals surface area contributed by atoms with Gasteiger partial charge in [0.15, 0.2) is 11.6 Å². The molecule has 0 bridgehead atoms. The van der Waals surface area contributed by atoms with Crippen molar-refractivity contribution >= 4 is 0 Å². The number of nitrogens with zero attached hydrogens (tertiary/aromatic N) is 2. The highest BCUT2D eigenvalue weighted by Gasteiger charge is 2.09. The second-order valence-corrected chi connectivity index (χ2v) is 4.24. The number of halogens is 1. The first-order valence-corrected chi connectivity index (χ1v) is 6.07. The molecular formula is C15H12FN3O. The molecule has 0 spiro atoms. The minimum atomic E-state index is -0.413. The van der Waals surface area contributed by atoms with Gasteiger partial charge >= 0.3 is 0 Å². The maximum Gasteiger partial charge on any atom is 0.165 e. The Morgan fingerprint density at radius 1 is 1.15 bits per heavy atom. The lowest BCUT2D eigenvalue weighted by molar-refractivity contribution is 0.386. The lowest BCUT2D eigenvalue weighted by atomic mass is 10.2. The summed E-state index contributed by atoms with van der Waals surface area (Å²) in [5.74, 6) is 0.405. The number of methoxy groups -OCH3 is 1. The van der Waals surface area contributed by atoms with Gasteiger partial charge in [0, 0.05) is 23.5 Å². The van der Waals surface area contributed by atoms with Crippen molar-refractivity contribution in [3.05, 3.63) is 54.7 Å². The molecule has 0 unspecified atom stereocenters. The van der Waals surface area contributed by atoms with Crippen molar-refractivity contribution in [3.63, 3.8) is 0 Å². The summed E-state index contributed by atoms with van der Waals surface area (Å²) in [4.78, 5) is 11.5. The van der Waals surface area contributed by atoms with Crippen LogP contribution >= 0.6 is 0 Å². The number of imidazole rings is 1. The molecular weight excluding hydrogens is 257 g/mol. The molecule has 0 saturated heterocycles. The van der Waals surface area contributed by atoms with E-state index in [4.69, 9.17) is 4.74 Å². The molecule has 2 heterocycles. The Kier molecular flexibility index (Phi) is 3.16. The predicted octanol–water partition coefficient (Wildman–Crippen LogP) is 3.29. The molecule has 2 aromatic heterocycles. The molecule has 20 heavy (non-hydrogen) atoms. The fourth-order valence-corrected chi connectivity index (χ4v) is 1.95. The fraction of sp³-hybridized carbons (Fsp3) is 0.0667. The van der Waals surface area contributed by atoms with Crippen LogP contribution in [0.4, 0.5) is 4.39 Å². The number of hydrogen-bond acceptors (Lipinski definition) is 3. The fourth-order valence-electron chi connectivity index (χ4n) is 1.95. The number of aromatic amines is 1. The van der Waals surface area contributed by atoms with Crippen LogP contribution in [0.25, 0.3) is 22.6 Å². The second-order valence-electron chi connectivity index (χ2n) is 4.24. The molecule has 1 aromatic carbocycles. The Labute approximate surface area is 115 Å². The smallest absolute Gasteiger partial charge is 0.165 e. The predicted molar refractivity (Wildman–Crippen MR) is 73.8 cm³/mol. The van der Waals surface area contributed by atoms with E-state index in [0.29, 0.717) is 11.4 Å². The van der Waals surface area contributed by atoms with E-state index in [-0.39, 0.29) is 5.75 Å². The van der Waals surface area contributed by atoms with Gasteiger partial charge in [-0.1, -0.05) is 0 Å². The van der Waals surface area contributed by atoms with Gasteiger partial charge in [0.1, 0.15) is 5.82 Å². The van der Waals surface area contributed by atoms with Crippen molar-refractivity contribution < 1.29 is 9.13 Å². The first kappa shape index (κ1) is 12.3. The third-order valence-corrected chi connectivity index (χ3v) is 2.97. The average Bonchev–Trinajstić information content (AvgIpc) is 2.98. The summed E-state index contributed by atoms with van der Waals surface area (Å²) >= 11 is 0. The van der Waals surface area contributed by atoms with Crippen LogP contribution in [0, 0.1) is 5.82 Å². The topological polar surface area (TPSA) is 50.8 Å². The molecule has 100 valence electrons. The van der Waals surface area contributed by atoms with Crippen molar-refractivity contribution in [2.45, 2.75) is 0 Å². The van der Waals surface area contributed by atoms with E-state index < -0.39 is 5.82 Å². The van der Waals surface area contributed by atoms with Gasteiger partial charge in [-0.3, -0.25) is 4.98 Å². The minimum Gasteiger partial charge on any atom is -0.494 e. The van der Waals surface area contributed by atoms with Gasteiger partial charge in [0.25, 0.3) is 0 Å². The van der Waals surface area contributed by atoms with Crippen molar-refractivity contribution in [1.82, 2.24) is 15.0 Å². The monoisotopic (exact) mass is 269 g/mol. The van der Waals surface area contributed by atoms with Crippen molar-refractivity contribution in [2.75, 3.05) is 7.11 Å². The molecule has 3 rings (SSSR count). The number of benzene rings is 1. The Balaban J connectivity index is 1.96. The van der Waals surface area contributed by atoms with Crippen LogP contribution in [0.1, 0.15) is 0 Å². The number of hydrogen-bond donors (Lipinski definition) is 1. The molecule has 0 saturated carbocycles. The normalized spacial score (nSPS) is 10.5. The van der Waals surface area contributed by atoms with Gasteiger partial charge in [-0.2, -0.15) is 0 Å². The zero-order chi connectivity index (χ0) is 13.9. The van der Waals surface area contributed by atoms with Crippen LogP contribution in [0.15, 0.2) is 48.9 Å². The lowest BCUT2D eigenvalue weighted by Crippen LogP contribution is -1.89. The molecule has 0 aliphatic rings. The van der Waals surface area contributed by atoms with Gasteiger partial charge < -0.3 is 9.72 Å². The zero-order valence-corrected chi connectivity index (χ0v) is 10.8. The summed E-state index contributed by atoms with van der Waals surface area (Å²) < 4.78 is 18.6. The molecule has 0 aliphatic carbocycles. The van der Waals surface area contributed by atoms with Crippen LogP contribution in [-0.4, -0.2) is 22.1 Å². The average molecular weight is 269 g/mol. The van der Waals surface area contributed by atoms with E-state index in [1.165, 1.54) is 13.2 Å². The molecule has 3 aromatic rings. The van der Waals surface area contributed by atoms with Crippen molar-refractivity contribution in [3.8, 4) is 28.4 Å². The number of H-pyrrole nitrogens is 1. The second kappa shape index (κ2) is 5.13. The first-order valence-electron chi connectivity index (χ1n) is 6.07. The summed E-state index contributed by atoms with van der Waals surface area (Å²) in [6.07, 6.45) is 5.15. The van der Waals surface area contributed by atoms with Gasteiger partial charge in [-0.15, -0.1) is 0 Å². The highest BCUT2D eigenvalue weighted by atomic mass is 19.1. The quantitative estimate of drug-likeness (QED) is 0.793. The zero-order valence-electron chi connectivity index (χ0n) is 10.8. The number of ether oxygens (including phenoxy) is 1. The van der Waals surface area contributed by atoms with E-state index in [0.717, 1.165) is 11.3 Å². The largest absolute Gasteiger partial charge is 0.494 e. The van der Waals surface area contributed by atoms with E-state index in [1.54, 1.807) is 30.7 Å². The van der Waals surface area contributed by atoms with Gasteiger partial charge in [0.05, 0.1) is 19.0 Å². The number of rotatable bonds is 3. The Morgan fingerprint density at radius 3 is 2.75 bits per heavy atom. The van der Waals surface area contributed by atoms with Crippen LogP contribution in [0.2, 0.25) is 0 Å². The molecule has 0 amide bonds. The minimum absolute atomic E-state index is 0.216. The summed E-state index contributed by atoms with van der Waals surface area (Å²) in [6.45, 7) is 0. The first-order chi connectivity index (χ1) is 9.78.